The molecule has 3 aromatic rings. The molecular formula is C17H12ClFN4O. The summed E-state index contributed by atoms with van der Waals surface area (Å²) in [7, 11) is 0. The van der Waals surface area contributed by atoms with Gasteiger partial charge >= 0.3 is 0 Å². The lowest BCUT2D eigenvalue weighted by Gasteiger charge is -2.07. The molecule has 0 saturated carbocycles. The molecule has 0 unspecified atom stereocenters. The summed E-state index contributed by atoms with van der Waals surface area (Å²) >= 11 is 5.80. The molecule has 3 rings (SSSR count). The molecule has 0 fully saturated rings. The molecule has 2 aromatic carbocycles. The Morgan fingerprint density at radius 1 is 0.917 bits per heavy atom. The zero-order chi connectivity index (χ0) is 16.9. The Bertz CT molecular complexity index is 836. The lowest BCUT2D eigenvalue weighted by atomic mass is 10.3. The van der Waals surface area contributed by atoms with Crippen LogP contribution >= 0.6 is 11.6 Å². The molecule has 0 aliphatic rings. The maximum absolute atomic E-state index is 12.9. The SMILES string of the molecule is O=C(Nc1ccc(Cl)cc1)c1cnc(Nc2ccc(F)cc2)nc1. The van der Waals surface area contributed by atoms with Gasteiger partial charge in [0, 0.05) is 28.8 Å². The zero-order valence-electron chi connectivity index (χ0n) is 12.3. The molecule has 1 amide bonds. The molecule has 24 heavy (non-hydrogen) atoms. The third-order valence-electron chi connectivity index (χ3n) is 3.12. The highest BCUT2D eigenvalue weighted by Crippen LogP contribution is 2.15. The number of nitrogens with zero attached hydrogens (tertiary/aromatic N) is 2. The summed E-state index contributed by atoms with van der Waals surface area (Å²) in [5, 5.41) is 6.23. The highest BCUT2D eigenvalue weighted by molar-refractivity contribution is 6.30. The number of carbonyl (C=O) groups is 1. The molecule has 0 aliphatic carbocycles. The molecule has 0 bridgehead atoms. The summed E-state index contributed by atoms with van der Waals surface area (Å²) in [4.78, 5) is 20.3. The predicted octanol–water partition coefficient (Wildman–Crippen LogP) is 4.27. The van der Waals surface area contributed by atoms with Gasteiger partial charge in [-0.25, -0.2) is 14.4 Å². The van der Waals surface area contributed by atoms with Crippen molar-refractivity contribution in [3.8, 4) is 0 Å². The number of anilines is 3. The van der Waals surface area contributed by atoms with Gasteiger partial charge in [-0.15, -0.1) is 0 Å². The smallest absolute Gasteiger partial charge is 0.258 e. The fourth-order valence-electron chi connectivity index (χ4n) is 1.91. The zero-order valence-corrected chi connectivity index (χ0v) is 13.1. The van der Waals surface area contributed by atoms with Gasteiger partial charge in [-0.05, 0) is 48.5 Å². The van der Waals surface area contributed by atoms with Crippen molar-refractivity contribution in [2.45, 2.75) is 0 Å². The van der Waals surface area contributed by atoms with Gasteiger partial charge in [0.1, 0.15) is 5.82 Å². The molecule has 1 heterocycles. The first kappa shape index (κ1) is 15.9. The van der Waals surface area contributed by atoms with E-state index in [-0.39, 0.29) is 11.7 Å². The normalized spacial score (nSPS) is 10.2. The van der Waals surface area contributed by atoms with Gasteiger partial charge in [0.05, 0.1) is 5.56 Å². The second-order valence-electron chi connectivity index (χ2n) is 4.89. The van der Waals surface area contributed by atoms with Crippen LogP contribution in [0.25, 0.3) is 0 Å². The van der Waals surface area contributed by atoms with Crippen molar-refractivity contribution in [1.29, 1.82) is 0 Å². The number of benzene rings is 2. The maximum Gasteiger partial charge on any atom is 0.258 e. The Kier molecular flexibility index (Phi) is 4.67. The highest BCUT2D eigenvalue weighted by Gasteiger charge is 2.08. The summed E-state index contributed by atoms with van der Waals surface area (Å²) in [5.74, 6) is -0.342. The maximum atomic E-state index is 12.9. The summed E-state index contributed by atoms with van der Waals surface area (Å²) in [5.41, 5.74) is 1.59. The lowest BCUT2D eigenvalue weighted by molar-refractivity contribution is 0.102. The van der Waals surface area contributed by atoms with Gasteiger partial charge < -0.3 is 10.6 Å². The third-order valence-corrected chi connectivity index (χ3v) is 3.37. The fraction of sp³-hybridized carbons (Fsp3) is 0. The van der Waals surface area contributed by atoms with Crippen LogP contribution in [0.1, 0.15) is 10.4 Å². The van der Waals surface area contributed by atoms with Crippen molar-refractivity contribution in [3.05, 3.63) is 77.3 Å². The van der Waals surface area contributed by atoms with Crippen molar-refractivity contribution in [2.75, 3.05) is 10.6 Å². The highest BCUT2D eigenvalue weighted by atomic mass is 35.5. The minimum Gasteiger partial charge on any atom is -0.324 e. The van der Waals surface area contributed by atoms with Gasteiger partial charge in [-0.3, -0.25) is 4.79 Å². The molecule has 0 atom stereocenters. The van der Waals surface area contributed by atoms with E-state index in [0.717, 1.165) is 0 Å². The molecule has 2 N–H and O–H groups in total. The topological polar surface area (TPSA) is 66.9 Å². The van der Waals surface area contributed by atoms with Crippen LogP contribution in [-0.4, -0.2) is 15.9 Å². The number of halogens is 2. The number of hydrogen-bond acceptors (Lipinski definition) is 4. The van der Waals surface area contributed by atoms with E-state index in [4.69, 9.17) is 11.6 Å². The molecule has 120 valence electrons. The second-order valence-corrected chi connectivity index (χ2v) is 5.32. The molecular weight excluding hydrogens is 331 g/mol. The average Bonchev–Trinajstić information content (AvgIpc) is 2.59. The van der Waals surface area contributed by atoms with Crippen LogP contribution in [0.3, 0.4) is 0 Å². The van der Waals surface area contributed by atoms with E-state index in [1.54, 1.807) is 36.4 Å². The Labute approximate surface area is 142 Å². The van der Waals surface area contributed by atoms with Crippen LogP contribution in [0.4, 0.5) is 21.7 Å². The molecule has 0 aliphatic heterocycles. The molecule has 7 heteroatoms. The molecule has 5 nitrogen and oxygen atoms in total. The van der Waals surface area contributed by atoms with Gasteiger partial charge in [-0.2, -0.15) is 0 Å². The van der Waals surface area contributed by atoms with Crippen LogP contribution in [0.15, 0.2) is 60.9 Å². The number of nitrogens with one attached hydrogen (secondary N) is 2. The first-order valence-electron chi connectivity index (χ1n) is 7.02. The summed E-state index contributed by atoms with van der Waals surface area (Å²) in [6.07, 6.45) is 2.81. The minimum atomic E-state index is -0.328. The van der Waals surface area contributed by atoms with Crippen molar-refractivity contribution in [3.63, 3.8) is 0 Å². The summed E-state index contributed by atoms with van der Waals surface area (Å²) in [6, 6.07) is 12.6. The Hall–Kier alpha value is -2.99. The Balaban J connectivity index is 1.66. The average molecular weight is 343 g/mol. The number of rotatable bonds is 4. The van der Waals surface area contributed by atoms with Gasteiger partial charge in [0.25, 0.3) is 5.91 Å². The van der Waals surface area contributed by atoms with Crippen LogP contribution in [-0.2, 0) is 0 Å². The van der Waals surface area contributed by atoms with E-state index in [1.165, 1.54) is 24.5 Å². The fourth-order valence-corrected chi connectivity index (χ4v) is 2.03. The monoisotopic (exact) mass is 342 g/mol. The Morgan fingerprint density at radius 2 is 1.50 bits per heavy atom. The first-order chi connectivity index (χ1) is 11.6. The number of amides is 1. The molecule has 0 spiro atoms. The second kappa shape index (κ2) is 7.06. The summed E-state index contributed by atoms with van der Waals surface area (Å²) < 4.78 is 12.9. The van der Waals surface area contributed by atoms with E-state index < -0.39 is 0 Å². The molecule has 1 aromatic heterocycles. The van der Waals surface area contributed by atoms with Crippen LogP contribution in [0.5, 0.6) is 0 Å². The third kappa shape index (κ3) is 4.05. The van der Waals surface area contributed by atoms with Crippen molar-refractivity contribution in [2.24, 2.45) is 0 Å². The van der Waals surface area contributed by atoms with E-state index in [9.17, 15) is 9.18 Å². The van der Waals surface area contributed by atoms with Crippen molar-refractivity contribution in [1.82, 2.24) is 9.97 Å². The Morgan fingerprint density at radius 3 is 2.12 bits per heavy atom. The van der Waals surface area contributed by atoms with Gasteiger partial charge in [0.2, 0.25) is 5.95 Å². The van der Waals surface area contributed by atoms with E-state index in [0.29, 0.717) is 27.9 Å². The van der Waals surface area contributed by atoms with Crippen molar-refractivity contribution < 1.29 is 9.18 Å². The number of aromatic nitrogens is 2. The molecule has 0 radical (unpaired) electrons. The number of carbonyl (C=O) groups excluding carboxylic acids is 1. The van der Waals surface area contributed by atoms with E-state index >= 15 is 0 Å². The quantitative estimate of drug-likeness (QED) is 0.743. The van der Waals surface area contributed by atoms with Crippen molar-refractivity contribution >= 4 is 34.8 Å². The number of hydrogen-bond donors (Lipinski definition) is 2. The predicted molar refractivity (Wildman–Crippen MR) is 91.1 cm³/mol. The van der Waals surface area contributed by atoms with Crippen LogP contribution in [0, 0.1) is 5.82 Å². The van der Waals surface area contributed by atoms with Crippen LogP contribution < -0.4 is 10.6 Å². The summed E-state index contributed by atoms with van der Waals surface area (Å²) in [6.45, 7) is 0. The standard InChI is InChI=1S/C17H12ClFN4O/c18-12-1-5-14(6-2-12)22-16(24)11-9-20-17(21-10-11)23-15-7-3-13(19)4-8-15/h1-10H,(H,22,24)(H,20,21,23). The van der Waals surface area contributed by atoms with Gasteiger partial charge in [-0.1, -0.05) is 11.6 Å². The minimum absolute atomic E-state index is 0.310. The lowest BCUT2D eigenvalue weighted by Crippen LogP contribution is -2.13. The van der Waals surface area contributed by atoms with E-state index in [2.05, 4.69) is 20.6 Å². The molecule has 0 saturated heterocycles. The van der Waals surface area contributed by atoms with E-state index in [1.807, 2.05) is 0 Å². The largest absolute Gasteiger partial charge is 0.324 e. The van der Waals surface area contributed by atoms with Crippen LogP contribution in [0.2, 0.25) is 5.02 Å². The first-order valence-corrected chi connectivity index (χ1v) is 7.39. The van der Waals surface area contributed by atoms with Gasteiger partial charge in [0.15, 0.2) is 0 Å².